The molecule has 0 bridgehead atoms. The molecular formula is C16H20N4O4S. The number of primary amides is 1. The molecule has 0 aliphatic carbocycles. The maximum Gasteiger partial charge on any atom is 0.234 e. The summed E-state index contributed by atoms with van der Waals surface area (Å²) in [6.45, 7) is 1.47. The molecule has 8 nitrogen and oxygen atoms in total. The van der Waals surface area contributed by atoms with Crippen molar-refractivity contribution in [3.63, 3.8) is 0 Å². The van der Waals surface area contributed by atoms with Crippen molar-refractivity contribution in [3.05, 3.63) is 29.8 Å². The van der Waals surface area contributed by atoms with E-state index in [0.717, 1.165) is 0 Å². The van der Waals surface area contributed by atoms with E-state index in [1.807, 2.05) is 0 Å². The first-order valence-corrected chi connectivity index (χ1v) is 8.74. The van der Waals surface area contributed by atoms with E-state index in [-0.39, 0.29) is 42.2 Å². The SMILES string of the molecule is CC(=O)c1ccc(NC(=O)CSC2NC(=O)CC(CC(N)=O)N2)cc1. The molecule has 1 aliphatic heterocycles. The Kier molecular flexibility index (Phi) is 6.54. The van der Waals surface area contributed by atoms with E-state index in [2.05, 4.69) is 16.0 Å². The lowest BCUT2D eigenvalue weighted by atomic mass is 10.1. The van der Waals surface area contributed by atoms with Crippen LogP contribution in [0.4, 0.5) is 5.69 Å². The number of nitrogens with two attached hydrogens (primary N) is 1. The van der Waals surface area contributed by atoms with Gasteiger partial charge in [-0.3, -0.25) is 24.5 Å². The van der Waals surface area contributed by atoms with Crippen LogP contribution in [0.2, 0.25) is 0 Å². The van der Waals surface area contributed by atoms with E-state index < -0.39 is 11.4 Å². The van der Waals surface area contributed by atoms with Gasteiger partial charge in [0.2, 0.25) is 17.7 Å². The quantitative estimate of drug-likeness (QED) is 0.511. The maximum absolute atomic E-state index is 12.0. The van der Waals surface area contributed by atoms with Gasteiger partial charge in [-0.25, -0.2) is 0 Å². The van der Waals surface area contributed by atoms with Gasteiger partial charge in [0.25, 0.3) is 0 Å². The predicted molar refractivity (Wildman–Crippen MR) is 94.8 cm³/mol. The topological polar surface area (TPSA) is 130 Å². The highest BCUT2D eigenvalue weighted by atomic mass is 32.2. The van der Waals surface area contributed by atoms with E-state index in [1.165, 1.54) is 18.7 Å². The van der Waals surface area contributed by atoms with Crippen LogP contribution in [0.5, 0.6) is 0 Å². The number of ketones is 1. The van der Waals surface area contributed by atoms with Gasteiger partial charge in [-0.15, -0.1) is 11.8 Å². The molecule has 0 radical (unpaired) electrons. The maximum atomic E-state index is 12.0. The molecule has 5 N–H and O–H groups in total. The number of amides is 3. The number of carbonyl (C=O) groups excluding carboxylic acids is 4. The van der Waals surface area contributed by atoms with Gasteiger partial charge in [0.15, 0.2) is 5.78 Å². The van der Waals surface area contributed by atoms with Gasteiger partial charge in [-0.1, -0.05) is 0 Å². The molecule has 2 rings (SSSR count). The predicted octanol–water partition coefficient (Wildman–Crippen LogP) is 0.198. The number of benzene rings is 1. The monoisotopic (exact) mass is 364 g/mol. The van der Waals surface area contributed by atoms with E-state index in [0.29, 0.717) is 11.3 Å². The van der Waals surface area contributed by atoms with Crippen LogP contribution in [0, 0.1) is 0 Å². The molecule has 1 fully saturated rings. The molecule has 9 heteroatoms. The second kappa shape index (κ2) is 8.63. The van der Waals surface area contributed by atoms with Crippen LogP contribution in [0.15, 0.2) is 24.3 Å². The van der Waals surface area contributed by atoms with Crippen molar-refractivity contribution in [1.29, 1.82) is 0 Å². The van der Waals surface area contributed by atoms with Crippen LogP contribution in [0.25, 0.3) is 0 Å². The third-order valence-electron chi connectivity index (χ3n) is 3.51. The Morgan fingerprint density at radius 2 is 1.96 bits per heavy atom. The minimum atomic E-state index is -0.484. The van der Waals surface area contributed by atoms with Gasteiger partial charge in [0, 0.05) is 30.1 Å². The van der Waals surface area contributed by atoms with Crippen LogP contribution >= 0.6 is 11.8 Å². The first kappa shape index (κ1) is 18.9. The lowest BCUT2D eigenvalue weighted by Crippen LogP contribution is -2.55. The van der Waals surface area contributed by atoms with Crippen LogP contribution < -0.4 is 21.7 Å². The van der Waals surface area contributed by atoms with Crippen LogP contribution in [-0.4, -0.2) is 40.8 Å². The van der Waals surface area contributed by atoms with Crippen molar-refractivity contribution in [2.75, 3.05) is 11.1 Å². The lowest BCUT2D eigenvalue weighted by molar-refractivity contribution is -0.124. The van der Waals surface area contributed by atoms with Crippen molar-refractivity contribution >= 4 is 41.0 Å². The molecule has 1 aliphatic rings. The van der Waals surface area contributed by atoms with Crippen molar-refractivity contribution in [3.8, 4) is 0 Å². The van der Waals surface area contributed by atoms with Gasteiger partial charge >= 0.3 is 0 Å². The summed E-state index contributed by atoms with van der Waals surface area (Å²) in [4.78, 5) is 45.8. The summed E-state index contributed by atoms with van der Waals surface area (Å²) in [5.74, 6) is -0.854. The fourth-order valence-corrected chi connectivity index (χ4v) is 3.25. The number of rotatable bonds is 7. The third kappa shape index (κ3) is 6.20. The summed E-state index contributed by atoms with van der Waals surface area (Å²) in [5, 5.41) is 8.49. The van der Waals surface area contributed by atoms with E-state index in [4.69, 9.17) is 5.73 Å². The van der Waals surface area contributed by atoms with Gasteiger partial charge in [-0.2, -0.15) is 0 Å². The molecule has 1 heterocycles. The molecule has 134 valence electrons. The summed E-state index contributed by atoms with van der Waals surface area (Å²) >= 11 is 1.21. The molecule has 0 saturated carbocycles. The molecule has 25 heavy (non-hydrogen) atoms. The molecule has 0 aromatic heterocycles. The van der Waals surface area contributed by atoms with Gasteiger partial charge < -0.3 is 16.4 Å². The van der Waals surface area contributed by atoms with Gasteiger partial charge in [0.1, 0.15) is 5.50 Å². The van der Waals surface area contributed by atoms with Gasteiger partial charge in [0.05, 0.1) is 5.75 Å². The second-order valence-corrected chi connectivity index (χ2v) is 6.77. The normalized spacial score (nSPS) is 19.8. The fourth-order valence-electron chi connectivity index (χ4n) is 2.35. The Hall–Kier alpha value is -2.39. The molecule has 1 saturated heterocycles. The van der Waals surface area contributed by atoms with Crippen molar-refractivity contribution in [2.24, 2.45) is 5.73 Å². The Bertz CT molecular complexity index is 675. The number of hydrogen-bond donors (Lipinski definition) is 4. The first-order valence-electron chi connectivity index (χ1n) is 7.69. The number of anilines is 1. The van der Waals surface area contributed by atoms with Gasteiger partial charge in [-0.05, 0) is 31.2 Å². The Morgan fingerprint density at radius 1 is 1.28 bits per heavy atom. The van der Waals surface area contributed by atoms with Crippen LogP contribution in [-0.2, 0) is 14.4 Å². The van der Waals surface area contributed by atoms with E-state index in [1.54, 1.807) is 24.3 Å². The highest BCUT2D eigenvalue weighted by molar-refractivity contribution is 8.00. The van der Waals surface area contributed by atoms with E-state index in [9.17, 15) is 19.2 Å². The highest BCUT2D eigenvalue weighted by Crippen LogP contribution is 2.15. The van der Waals surface area contributed by atoms with Crippen molar-refractivity contribution < 1.29 is 19.2 Å². The number of nitrogens with one attached hydrogen (secondary N) is 3. The molecule has 1 aromatic rings. The zero-order chi connectivity index (χ0) is 18.4. The van der Waals surface area contributed by atoms with Crippen LogP contribution in [0.1, 0.15) is 30.1 Å². The molecule has 1 aromatic carbocycles. The Balaban J connectivity index is 1.81. The Labute approximate surface area is 149 Å². The lowest BCUT2D eigenvalue weighted by Gasteiger charge is -2.30. The number of carbonyl (C=O) groups is 4. The molecule has 3 amide bonds. The summed E-state index contributed by atoms with van der Waals surface area (Å²) in [7, 11) is 0. The minimum absolute atomic E-state index is 0.0435. The minimum Gasteiger partial charge on any atom is -0.370 e. The highest BCUT2D eigenvalue weighted by Gasteiger charge is 2.27. The number of Topliss-reactive ketones (excluding diaryl/α,β-unsaturated/α-hetero) is 1. The molecule has 2 unspecified atom stereocenters. The summed E-state index contributed by atoms with van der Waals surface area (Å²) in [6.07, 6.45) is 0.244. The average molecular weight is 364 g/mol. The number of thioether (sulfide) groups is 1. The van der Waals surface area contributed by atoms with Crippen molar-refractivity contribution in [1.82, 2.24) is 10.6 Å². The molecule has 2 atom stereocenters. The van der Waals surface area contributed by atoms with Crippen LogP contribution in [0.3, 0.4) is 0 Å². The summed E-state index contributed by atoms with van der Waals surface area (Å²) in [5.41, 5.74) is 5.84. The standard InChI is InChI=1S/C16H20N4O4S/c1-9(21)10-2-4-11(5-3-10)18-15(24)8-25-16-19-12(6-13(17)22)7-14(23)20-16/h2-5,12,16,19H,6-8H2,1H3,(H2,17,22)(H,18,24)(H,20,23). The Morgan fingerprint density at radius 3 is 2.56 bits per heavy atom. The average Bonchev–Trinajstić information content (AvgIpc) is 2.52. The number of hydrogen-bond acceptors (Lipinski definition) is 6. The fraction of sp³-hybridized carbons (Fsp3) is 0.375. The third-order valence-corrected chi connectivity index (χ3v) is 4.53. The summed E-state index contributed by atoms with van der Waals surface area (Å²) in [6, 6.07) is 6.27. The molecule has 0 spiro atoms. The summed E-state index contributed by atoms with van der Waals surface area (Å²) < 4.78 is 0. The van der Waals surface area contributed by atoms with E-state index >= 15 is 0 Å². The van der Waals surface area contributed by atoms with Crippen molar-refractivity contribution in [2.45, 2.75) is 31.3 Å². The zero-order valence-electron chi connectivity index (χ0n) is 13.7. The smallest absolute Gasteiger partial charge is 0.234 e. The second-order valence-electron chi connectivity index (χ2n) is 5.68. The first-order chi connectivity index (χ1) is 11.8. The largest absolute Gasteiger partial charge is 0.370 e. The zero-order valence-corrected chi connectivity index (χ0v) is 14.5. The molecular weight excluding hydrogens is 344 g/mol.